The number of nitrogens with zero attached hydrogens (tertiary/aromatic N) is 1. The number of ether oxygens (including phenoxy) is 1. The molecule has 1 amide bonds. The van der Waals surface area contributed by atoms with Gasteiger partial charge in [0.25, 0.3) is 0 Å². The van der Waals surface area contributed by atoms with Crippen LogP contribution in [0.1, 0.15) is 53.4 Å². The van der Waals surface area contributed by atoms with Gasteiger partial charge >= 0.3 is 0 Å². The maximum atomic E-state index is 12.3. The van der Waals surface area contributed by atoms with E-state index in [0.717, 1.165) is 25.8 Å². The number of nitrogens with one attached hydrogen (secondary N) is 1. The number of carbonyl (C=O) groups excluding carboxylic acids is 1. The fourth-order valence-corrected chi connectivity index (χ4v) is 2.20. The summed E-state index contributed by atoms with van der Waals surface area (Å²) in [5.74, 6) is 0.260. The Morgan fingerprint density at radius 1 is 1.26 bits per heavy atom. The van der Waals surface area contributed by atoms with Crippen LogP contribution in [0.5, 0.6) is 0 Å². The van der Waals surface area contributed by atoms with Crippen molar-refractivity contribution in [1.29, 1.82) is 0 Å². The molecule has 1 N–H and O–H groups in total. The Morgan fingerprint density at radius 2 is 1.89 bits per heavy atom. The Kier molecular flexibility index (Phi) is 10.9. The van der Waals surface area contributed by atoms with Crippen molar-refractivity contribution in [3.8, 4) is 0 Å². The zero-order chi connectivity index (χ0) is 14.7. The minimum atomic E-state index is 0.260. The van der Waals surface area contributed by atoms with Gasteiger partial charge in [-0.1, -0.05) is 27.7 Å². The summed E-state index contributed by atoms with van der Waals surface area (Å²) < 4.78 is 5.11. The SMILES string of the molecule is CCC(CC)N(CCOC)C(=O)CCCNC(C)C. The van der Waals surface area contributed by atoms with E-state index in [1.165, 1.54) is 0 Å². The molecule has 4 nitrogen and oxygen atoms in total. The highest BCUT2D eigenvalue weighted by Crippen LogP contribution is 2.11. The lowest BCUT2D eigenvalue weighted by Crippen LogP contribution is -2.42. The molecular weight excluding hydrogens is 240 g/mol. The van der Waals surface area contributed by atoms with Crippen LogP contribution in [-0.4, -0.2) is 49.7 Å². The van der Waals surface area contributed by atoms with Gasteiger partial charge in [-0.05, 0) is 25.8 Å². The van der Waals surface area contributed by atoms with Crippen LogP contribution in [0.4, 0.5) is 0 Å². The molecule has 0 aliphatic carbocycles. The quantitative estimate of drug-likeness (QED) is 0.587. The van der Waals surface area contributed by atoms with E-state index in [1.54, 1.807) is 7.11 Å². The second-order valence-corrected chi connectivity index (χ2v) is 5.26. The van der Waals surface area contributed by atoms with Gasteiger partial charge in [0.15, 0.2) is 0 Å². The number of amides is 1. The van der Waals surface area contributed by atoms with Gasteiger partial charge in [-0.15, -0.1) is 0 Å². The summed E-state index contributed by atoms with van der Waals surface area (Å²) in [4.78, 5) is 14.3. The van der Waals surface area contributed by atoms with E-state index in [-0.39, 0.29) is 5.91 Å². The lowest BCUT2D eigenvalue weighted by atomic mass is 10.1. The molecule has 0 spiro atoms. The van der Waals surface area contributed by atoms with Crippen LogP contribution in [0.15, 0.2) is 0 Å². The average molecular weight is 272 g/mol. The molecule has 0 saturated carbocycles. The largest absolute Gasteiger partial charge is 0.383 e. The van der Waals surface area contributed by atoms with Gasteiger partial charge < -0.3 is 15.0 Å². The highest BCUT2D eigenvalue weighted by Gasteiger charge is 2.20. The number of rotatable bonds is 11. The molecular formula is C15H32N2O2. The van der Waals surface area contributed by atoms with Gasteiger partial charge in [-0.25, -0.2) is 0 Å². The number of hydrogen-bond donors (Lipinski definition) is 1. The molecule has 0 aliphatic rings. The topological polar surface area (TPSA) is 41.6 Å². The third kappa shape index (κ3) is 8.22. The fraction of sp³-hybridized carbons (Fsp3) is 0.933. The summed E-state index contributed by atoms with van der Waals surface area (Å²) in [7, 11) is 1.68. The highest BCUT2D eigenvalue weighted by molar-refractivity contribution is 5.76. The normalized spacial score (nSPS) is 11.3. The van der Waals surface area contributed by atoms with Gasteiger partial charge in [-0.2, -0.15) is 0 Å². The van der Waals surface area contributed by atoms with E-state index < -0.39 is 0 Å². The predicted molar refractivity (Wildman–Crippen MR) is 80.3 cm³/mol. The molecule has 0 fully saturated rings. The summed E-state index contributed by atoms with van der Waals surface area (Å²) in [6.07, 6.45) is 3.55. The molecule has 0 unspecified atom stereocenters. The summed E-state index contributed by atoms with van der Waals surface area (Å²) >= 11 is 0. The van der Waals surface area contributed by atoms with Crippen molar-refractivity contribution in [2.45, 2.75) is 65.5 Å². The van der Waals surface area contributed by atoms with E-state index in [0.29, 0.717) is 31.7 Å². The molecule has 0 saturated heterocycles. The third-order valence-electron chi connectivity index (χ3n) is 3.36. The average Bonchev–Trinajstić information content (AvgIpc) is 2.39. The first-order valence-electron chi connectivity index (χ1n) is 7.58. The Bertz CT molecular complexity index is 228. The predicted octanol–water partition coefficient (Wildman–Crippen LogP) is 2.43. The van der Waals surface area contributed by atoms with Crippen LogP contribution in [0.3, 0.4) is 0 Å². The van der Waals surface area contributed by atoms with Gasteiger partial charge in [-0.3, -0.25) is 4.79 Å². The monoisotopic (exact) mass is 272 g/mol. The van der Waals surface area contributed by atoms with Crippen LogP contribution >= 0.6 is 0 Å². The van der Waals surface area contributed by atoms with Crippen LogP contribution in [-0.2, 0) is 9.53 Å². The van der Waals surface area contributed by atoms with Crippen molar-refractivity contribution in [2.24, 2.45) is 0 Å². The molecule has 0 aliphatic heterocycles. The fourth-order valence-electron chi connectivity index (χ4n) is 2.20. The lowest BCUT2D eigenvalue weighted by Gasteiger charge is -2.30. The number of carbonyl (C=O) groups is 1. The van der Waals surface area contributed by atoms with Crippen LogP contribution in [0, 0.1) is 0 Å². The molecule has 4 heteroatoms. The standard InChI is InChI=1S/C15H32N2O2/c1-6-14(7-2)17(11-12-19-5)15(18)9-8-10-16-13(3)4/h13-14,16H,6-12H2,1-5H3. The van der Waals surface area contributed by atoms with Crippen molar-refractivity contribution in [1.82, 2.24) is 10.2 Å². The Labute approximate surface area is 118 Å². The zero-order valence-corrected chi connectivity index (χ0v) is 13.4. The van der Waals surface area contributed by atoms with E-state index >= 15 is 0 Å². The van der Waals surface area contributed by atoms with E-state index in [4.69, 9.17) is 4.74 Å². The molecule has 0 radical (unpaired) electrons. The molecule has 0 atom stereocenters. The van der Waals surface area contributed by atoms with E-state index in [9.17, 15) is 4.79 Å². The van der Waals surface area contributed by atoms with E-state index in [2.05, 4.69) is 33.0 Å². The first kappa shape index (κ1) is 18.4. The van der Waals surface area contributed by atoms with Crippen LogP contribution < -0.4 is 5.32 Å². The van der Waals surface area contributed by atoms with Gasteiger partial charge in [0.1, 0.15) is 0 Å². The maximum absolute atomic E-state index is 12.3. The van der Waals surface area contributed by atoms with Crippen LogP contribution in [0.2, 0.25) is 0 Å². The van der Waals surface area contributed by atoms with Crippen molar-refractivity contribution in [3.05, 3.63) is 0 Å². The minimum Gasteiger partial charge on any atom is -0.383 e. The molecule has 0 heterocycles. The van der Waals surface area contributed by atoms with Crippen LogP contribution in [0.25, 0.3) is 0 Å². The Balaban J connectivity index is 4.21. The van der Waals surface area contributed by atoms with Gasteiger partial charge in [0.05, 0.1) is 6.61 Å². The van der Waals surface area contributed by atoms with E-state index in [1.807, 2.05) is 4.90 Å². The van der Waals surface area contributed by atoms with Gasteiger partial charge in [0.2, 0.25) is 5.91 Å². The van der Waals surface area contributed by atoms with Crippen molar-refractivity contribution < 1.29 is 9.53 Å². The zero-order valence-electron chi connectivity index (χ0n) is 13.4. The summed E-state index contributed by atoms with van der Waals surface area (Å²) in [5.41, 5.74) is 0. The van der Waals surface area contributed by atoms with Gasteiger partial charge in [0, 0.05) is 32.2 Å². The molecule has 114 valence electrons. The summed E-state index contributed by atoms with van der Waals surface area (Å²) in [5, 5.41) is 3.34. The highest BCUT2D eigenvalue weighted by atomic mass is 16.5. The summed E-state index contributed by atoms with van der Waals surface area (Å²) in [6, 6.07) is 0.833. The third-order valence-corrected chi connectivity index (χ3v) is 3.36. The first-order valence-corrected chi connectivity index (χ1v) is 7.58. The maximum Gasteiger partial charge on any atom is 0.222 e. The summed E-state index contributed by atoms with van der Waals surface area (Å²) in [6.45, 7) is 10.8. The lowest BCUT2D eigenvalue weighted by molar-refractivity contribution is -0.134. The molecule has 0 bridgehead atoms. The molecule has 0 aromatic heterocycles. The number of methoxy groups -OCH3 is 1. The minimum absolute atomic E-state index is 0.260. The Morgan fingerprint density at radius 3 is 2.37 bits per heavy atom. The second-order valence-electron chi connectivity index (χ2n) is 5.26. The van der Waals surface area contributed by atoms with Crippen molar-refractivity contribution in [3.63, 3.8) is 0 Å². The van der Waals surface area contributed by atoms with Crippen molar-refractivity contribution >= 4 is 5.91 Å². The Hall–Kier alpha value is -0.610. The number of hydrogen-bond acceptors (Lipinski definition) is 3. The molecule has 0 aromatic rings. The molecule has 19 heavy (non-hydrogen) atoms. The molecule has 0 rings (SSSR count). The first-order chi connectivity index (χ1) is 9.06. The van der Waals surface area contributed by atoms with Crippen molar-refractivity contribution in [2.75, 3.05) is 26.8 Å². The molecule has 0 aromatic carbocycles. The second kappa shape index (κ2) is 11.2. The smallest absolute Gasteiger partial charge is 0.222 e.